The van der Waals surface area contributed by atoms with E-state index >= 15 is 0 Å². The molecule has 0 saturated heterocycles. The molecule has 0 saturated carbocycles. The molecule has 126 valence electrons. The van der Waals surface area contributed by atoms with Crippen molar-refractivity contribution in [2.24, 2.45) is 0 Å². The van der Waals surface area contributed by atoms with Gasteiger partial charge in [-0.3, -0.25) is 4.72 Å². The lowest BCUT2D eigenvalue weighted by molar-refractivity contribution is 0.311. The minimum Gasteiger partial charge on any atom is -0.395 e. The molecule has 0 spiro atoms. The Kier molecular flexibility index (Phi) is 4.36. The van der Waals surface area contributed by atoms with E-state index < -0.39 is 10.0 Å². The molecule has 0 fully saturated rings. The number of aliphatic hydroxyl groups is 1. The molecule has 2 heterocycles. The molecule has 3 rings (SSSR count). The topological polar surface area (TPSA) is 109 Å². The lowest BCUT2D eigenvalue weighted by atomic mass is 10.1. The molecule has 0 aliphatic rings. The van der Waals surface area contributed by atoms with Crippen LogP contribution in [0.3, 0.4) is 0 Å². The molecule has 0 amide bonds. The van der Waals surface area contributed by atoms with Gasteiger partial charge in [-0.25, -0.2) is 17.9 Å². The van der Waals surface area contributed by atoms with Gasteiger partial charge >= 0.3 is 0 Å². The van der Waals surface area contributed by atoms with Crippen LogP contribution in [0.5, 0.6) is 0 Å². The zero-order valence-electron chi connectivity index (χ0n) is 13.0. The molecule has 0 aliphatic heterocycles. The molecule has 9 heteroatoms. The number of imidazole rings is 1. The number of nitrogens with zero attached hydrogens (tertiary/aromatic N) is 3. The maximum absolute atomic E-state index is 11.3. The first-order valence-electron chi connectivity index (χ1n) is 7.24. The molecular weight excluding hydrogens is 330 g/mol. The van der Waals surface area contributed by atoms with E-state index in [0.29, 0.717) is 23.7 Å². The highest BCUT2D eigenvalue weighted by molar-refractivity contribution is 7.92. The van der Waals surface area contributed by atoms with Crippen LogP contribution in [-0.2, 0) is 10.0 Å². The van der Waals surface area contributed by atoms with Crippen LogP contribution in [0.2, 0.25) is 0 Å². The van der Waals surface area contributed by atoms with E-state index in [-0.39, 0.29) is 6.61 Å². The highest BCUT2D eigenvalue weighted by atomic mass is 32.2. The summed E-state index contributed by atoms with van der Waals surface area (Å²) in [6.45, 7) is 0.430. The van der Waals surface area contributed by atoms with Gasteiger partial charge in [0.2, 0.25) is 10.0 Å². The lowest BCUT2D eigenvalue weighted by Gasteiger charge is -2.07. The second-order valence-electron chi connectivity index (χ2n) is 5.23. The van der Waals surface area contributed by atoms with E-state index in [2.05, 4.69) is 20.1 Å². The molecule has 8 nitrogen and oxygen atoms in total. The summed E-state index contributed by atoms with van der Waals surface area (Å²) in [5.41, 5.74) is 2.82. The van der Waals surface area contributed by atoms with E-state index in [9.17, 15) is 8.42 Å². The Morgan fingerprint density at radius 1 is 1.17 bits per heavy atom. The molecule has 2 aromatic heterocycles. The van der Waals surface area contributed by atoms with Gasteiger partial charge in [-0.15, -0.1) is 5.10 Å². The molecule has 0 radical (unpaired) electrons. The molecule has 0 unspecified atom stereocenters. The molecule has 0 aliphatic carbocycles. The summed E-state index contributed by atoms with van der Waals surface area (Å²) in [4.78, 5) is 4.31. The van der Waals surface area contributed by atoms with Crippen LogP contribution in [0, 0.1) is 0 Å². The van der Waals surface area contributed by atoms with Gasteiger partial charge in [-0.05, 0) is 24.3 Å². The minimum absolute atomic E-state index is 0.0191. The summed E-state index contributed by atoms with van der Waals surface area (Å²) in [5, 5.41) is 16.3. The zero-order chi connectivity index (χ0) is 17.2. The zero-order valence-corrected chi connectivity index (χ0v) is 13.8. The Labute approximate surface area is 139 Å². The number of anilines is 2. The van der Waals surface area contributed by atoms with Gasteiger partial charge in [0, 0.05) is 17.8 Å². The quantitative estimate of drug-likeness (QED) is 0.618. The molecule has 3 aromatic rings. The summed E-state index contributed by atoms with van der Waals surface area (Å²) in [6, 6.07) is 10.6. The molecule has 0 atom stereocenters. The van der Waals surface area contributed by atoms with Gasteiger partial charge in [0.25, 0.3) is 0 Å². The van der Waals surface area contributed by atoms with E-state index in [1.807, 2.05) is 6.07 Å². The third-order valence-corrected chi connectivity index (χ3v) is 3.87. The number of rotatable bonds is 6. The SMILES string of the molecule is CS(=O)(=O)Nc1ccc(-c2cnc3ccc(NCCO)nn23)cc1. The minimum atomic E-state index is -3.30. The van der Waals surface area contributed by atoms with Crippen molar-refractivity contribution in [2.75, 3.05) is 29.4 Å². The number of hydrogen-bond acceptors (Lipinski definition) is 6. The van der Waals surface area contributed by atoms with Crippen molar-refractivity contribution in [3.63, 3.8) is 0 Å². The van der Waals surface area contributed by atoms with Crippen molar-refractivity contribution in [1.82, 2.24) is 14.6 Å². The van der Waals surface area contributed by atoms with Crippen LogP contribution in [-0.4, -0.2) is 47.5 Å². The number of hydrogen-bond donors (Lipinski definition) is 3. The monoisotopic (exact) mass is 347 g/mol. The average Bonchev–Trinajstić information content (AvgIpc) is 2.95. The van der Waals surface area contributed by atoms with Crippen molar-refractivity contribution < 1.29 is 13.5 Å². The fourth-order valence-corrected chi connectivity index (χ4v) is 2.84. The standard InChI is InChI=1S/C15H17N5O3S/c1-24(22,23)19-12-4-2-11(3-5-12)13-10-17-15-7-6-14(16-8-9-21)18-20(13)15/h2-7,10,19,21H,8-9H2,1H3,(H,16,18). The fraction of sp³-hybridized carbons (Fsp3) is 0.200. The van der Waals surface area contributed by atoms with Gasteiger partial charge in [-0.2, -0.15) is 0 Å². The Bertz CT molecular complexity index is 951. The molecular formula is C15H17N5O3S. The molecule has 24 heavy (non-hydrogen) atoms. The first-order chi connectivity index (χ1) is 11.5. The Morgan fingerprint density at radius 2 is 1.92 bits per heavy atom. The van der Waals surface area contributed by atoms with Crippen LogP contribution in [0.15, 0.2) is 42.6 Å². The number of sulfonamides is 1. The predicted octanol–water partition coefficient (Wildman–Crippen LogP) is 1.17. The summed E-state index contributed by atoms with van der Waals surface area (Å²) >= 11 is 0. The van der Waals surface area contributed by atoms with Crippen molar-refractivity contribution in [2.45, 2.75) is 0 Å². The summed E-state index contributed by atoms with van der Waals surface area (Å²) in [7, 11) is -3.30. The largest absolute Gasteiger partial charge is 0.395 e. The van der Waals surface area contributed by atoms with Gasteiger partial charge in [0.05, 0.1) is 24.8 Å². The summed E-state index contributed by atoms with van der Waals surface area (Å²) in [5.74, 6) is 0.631. The third-order valence-electron chi connectivity index (χ3n) is 3.26. The van der Waals surface area contributed by atoms with Crippen molar-refractivity contribution >= 4 is 27.2 Å². The third kappa shape index (κ3) is 3.63. The highest BCUT2D eigenvalue weighted by Crippen LogP contribution is 2.23. The average molecular weight is 347 g/mol. The van der Waals surface area contributed by atoms with Gasteiger partial charge in [-0.1, -0.05) is 12.1 Å². The van der Waals surface area contributed by atoms with Crippen molar-refractivity contribution in [3.05, 3.63) is 42.6 Å². The Morgan fingerprint density at radius 3 is 2.58 bits per heavy atom. The molecule has 0 bridgehead atoms. The maximum Gasteiger partial charge on any atom is 0.229 e. The van der Waals surface area contributed by atoms with E-state index in [4.69, 9.17) is 5.11 Å². The van der Waals surface area contributed by atoms with Crippen molar-refractivity contribution in [3.8, 4) is 11.3 Å². The maximum atomic E-state index is 11.3. The highest BCUT2D eigenvalue weighted by Gasteiger charge is 2.09. The first-order valence-corrected chi connectivity index (χ1v) is 9.13. The first kappa shape index (κ1) is 16.2. The van der Waals surface area contributed by atoms with E-state index in [1.165, 1.54) is 0 Å². The van der Waals surface area contributed by atoms with Gasteiger partial charge in [0.1, 0.15) is 5.82 Å². The van der Waals surface area contributed by atoms with Gasteiger partial charge < -0.3 is 10.4 Å². The second kappa shape index (κ2) is 6.46. The smallest absolute Gasteiger partial charge is 0.229 e. The predicted molar refractivity (Wildman–Crippen MR) is 92.5 cm³/mol. The second-order valence-corrected chi connectivity index (χ2v) is 6.98. The molecule has 1 aromatic carbocycles. The lowest BCUT2D eigenvalue weighted by Crippen LogP contribution is -2.09. The fourth-order valence-electron chi connectivity index (χ4n) is 2.27. The van der Waals surface area contributed by atoms with Crippen LogP contribution in [0.1, 0.15) is 0 Å². The Hall–Kier alpha value is -2.65. The van der Waals surface area contributed by atoms with Crippen LogP contribution >= 0.6 is 0 Å². The number of nitrogens with one attached hydrogen (secondary N) is 2. The number of aliphatic hydroxyl groups excluding tert-OH is 1. The van der Waals surface area contributed by atoms with Crippen LogP contribution in [0.25, 0.3) is 16.9 Å². The van der Waals surface area contributed by atoms with Crippen LogP contribution < -0.4 is 10.0 Å². The van der Waals surface area contributed by atoms with E-state index in [0.717, 1.165) is 17.5 Å². The normalized spacial score (nSPS) is 11.6. The number of benzene rings is 1. The van der Waals surface area contributed by atoms with Crippen LogP contribution in [0.4, 0.5) is 11.5 Å². The Balaban J connectivity index is 1.93. The van der Waals surface area contributed by atoms with Gasteiger partial charge in [0.15, 0.2) is 5.65 Å². The number of fused-ring (bicyclic) bond motifs is 1. The van der Waals surface area contributed by atoms with Crippen molar-refractivity contribution in [1.29, 1.82) is 0 Å². The van der Waals surface area contributed by atoms with E-state index in [1.54, 1.807) is 41.0 Å². The summed E-state index contributed by atoms with van der Waals surface area (Å²) in [6.07, 6.45) is 2.81. The molecule has 3 N–H and O–H groups in total. The number of aromatic nitrogens is 3. The summed E-state index contributed by atoms with van der Waals surface area (Å²) < 4.78 is 26.6.